The van der Waals surface area contributed by atoms with Gasteiger partial charge in [0.25, 0.3) is 0 Å². The Morgan fingerprint density at radius 2 is 0.753 bits per heavy atom. The van der Waals surface area contributed by atoms with Crippen molar-refractivity contribution in [1.82, 2.24) is 7.96 Å². The molecule has 0 saturated carbocycles. The third-order valence-electron chi connectivity index (χ3n) is 23.0. The summed E-state index contributed by atoms with van der Waals surface area (Å²) in [5.41, 5.74) is 7.96. The average molecular weight is 1630 g/mol. The maximum atomic E-state index is 20.7. The van der Waals surface area contributed by atoms with Crippen LogP contribution in [0, 0.1) is 17.0 Å². The molecule has 1 aromatic heterocycles. The number of fused-ring (bicyclic) bond motifs is 7. The van der Waals surface area contributed by atoms with Gasteiger partial charge in [-0.3, -0.25) is 0 Å². The molecule has 93 heavy (non-hydrogen) atoms. The summed E-state index contributed by atoms with van der Waals surface area (Å²) in [6, 6.07) is 2.53. The Bertz CT molecular complexity index is 2700. The summed E-state index contributed by atoms with van der Waals surface area (Å²) < 4.78 is 63.7. The van der Waals surface area contributed by atoms with E-state index in [-0.39, 0.29) is 26.6 Å². The topological polar surface area (TPSA) is 62.0 Å². The Kier molecular flexibility index (Phi) is 38.4. The molecule has 3 aliphatic carbocycles. The van der Waals surface area contributed by atoms with Crippen LogP contribution in [0.5, 0.6) is 0 Å². The van der Waals surface area contributed by atoms with E-state index < -0.39 is 47.6 Å². The molecule has 3 aromatic rings. The molecule has 525 valence electrons. The fourth-order valence-electron chi connectivity index (χ4n) is 17.5. The van der Waals surface area contributed by atoms with Crippen molar-refractivity contribution >= 4 is 99.6 Å². The zero-order valence-corrected chi connectivity index (χ0v) is 71.2. The van der Waals surface area contributed by atoms with Gasteiger partial charge in [-0.1, -0.05) is 105 Å². The zero-order valence-electron chi connectivity index (χ0n) is 62.0. The van der Waals surface area contributed by atoms with Gasteiger partial charge in [0, 0.05) is 0 Å². The molecule has 2 aromatic carbocycles. The van der Waals surface area contributed by atoms with Crippen LogP contribution >= 0.6 is 0 Å². The van der Waals surface area contributed by atoms with Gasteiger partial charge in [0.15, 0.2) is 0 Å². The second-order valence-electron chi connectivity index (χ2n) is 31.3. The molecule has 0 amide bonds. The molecular formula is C83H139F2N4Se2Sn2. The molecule has 10 heteroatoms. The first-order valence-electron chi connectivity index (χ1n) is 40.4. The van der Waals surface area contributed by atoms with Gasteiger partial charge in [-0.2, -0.15) is 0 Å². The molecule has 0 fully saturated rings. The van der Waals surface area contributed by atoms with Crippen molar-refractivity contribution in [2.24, 2.45) is 4.01 Å². The van der Waals surface area contributed by atoms with E-state index in [1.165, 1.54) is 251 Å². The van der Waals surface area contributed by atoms with Crippen LogP contribution in [-0.2, 0) is 10.8 Å². The number of benzene rings is 2. The van der Waals surface area contributed by atoms with E-state index >= 15 is 8.78 Å². The molecule has 0 bridgehead atoms. The molecule has 0 spiro atoms. The SMILES string of the molecule is CCCCCCCCCCCCC1(CCCCCCCCCCCC)C2=C(/C(=N/[Se])C(=N)[C]([Sn]([CH2]CCC)([CH2]CCC)[CH2]CCC)=C2)c2c(F)c3c(c(F)c21)-c1c(c[c]([Sn]([CH3])([CH3])[CH3])c2n[se]nc12)C3(CCCCCCCCCCCC)CCCCCCCCCCCC. The average Bonchev–Trinajstić information content (AvgIpc) is 1.50. The van der Waals surface area contributed by atoms with E-state index in [0.29, 0.717) is 33.7 Å². The zero-order chi connectivity index (χ0) is 67.0. The summed E-state index contributed by atoms with van der Waals surface area (Å²) in [5.74, 6) is -0.345. The van der Waals surface area contributed by atoms with Crippen LogP contribution in [0.25, 0.3) is 27.7 Å². The van der Waals surface area contributed by atoms with E-state index in [2.05, 4.69) is 91.7 Å². The number of nitrogens with zero attached hydrogens (tertiary/aromatic N) is 3. The van der Waals surface area contributed by atoms with Crippen LogP contribution in [0.4, 0.5) is 8.78 Å². The quantitative estimate of drug-likeness (QED) is 0.0348. The first kappa shape index (κ1) is 81.3. The normalized spacial score (nSPS) is 15.5. The Morgan fingerprint density at radius 3 is 1.11 bits per heavy atom. The molecule has 1 heterocycles. The van der Waals surface area contributed by atoms with Gasteiger partial charge in [-0.15, -0.1) is 0 Å². The maximum absolute atomic E-state index is 20.7. The van der Waals surface area contributed by atoms with Gasteiger partial charge in [0.1, 0.15) is 0 Å². The number of halogens is 2. The minimum atomic E-state index is -3.44. The Morgan fingerprint density at radius 1 is 0.430 bits per heavy atom. The van der Waals surface area contributed by atoms with Crippen molar-refractivity contribution in [2.75, 3.05) is 0 Å². The van der Waals surface area contributed by atoms with Crippen molar-refractivity contribution in [2.45, 2.75) is 408 Å². The van der Waals surface area contributed by atoms with Crippen molar-refractivity contribution in [3.8, 4) is 11.1 Å². The van der Waals surface area contributed by atoms with E-state index in [1.54, 1.807) is 0 Å². The summed E-state index contributed by atoms with van der Waals surface area (Å²) in [7, 11) is 0. The molecule has 4 nitrogen and oxygen atoms in total. The van der Waals surface area contributed by atoms with Crippen LogP contribution < -0.4 is 3.58 Å². The van der Waals surface area contributed by atoms with Gasteiger partial charge in [0.05, 0.1) is 0 Å². The molecule has 0 unspecified atom stereocenters. The monoisotopic (exact) mass is 1630 g/mol. The van der Waals surface area contributed by atoms with Crippen LogP contribution in [0.3, 0.4) is 0 Å². The predicted octanol–water partition coefficient (Wildman–Crippen LogP) is 26.9. The van der Waals surface area contributed by atoms with Crippen LogP contribution in [0.1, 0.15) is 392 Å². The summed E-state index contributed by atoms with van der Waals surface area (Å²) in [4.78, 5) is 7.54. The number of aromatic nitrogens is 2. The number of unbranched alkanes of at least 4 members (excludes halogenated alkanes) is 39. The predicted molar refractivity (Wildman–Crippen MR) is 414 cm³/mol. The van der Waals surface area contributed by atoms with Crippen molar-refractivity contribution in [3.63, 3.8) is 0 Å². The number of rotatable bonds is 55. The summed E-state index contributed by atoms with van der Waals surface area (Å²) in [6.07, 6.45) is 62.4. The molecule has 0 atom stereocenters. The van der Waals surface area contributed by atoms with E-state index in [0.717, 1.165) is 124 Å². The first-order valence-corrected chi connectivity index (χ1v) is 60.2. The summed E-state index contributed by atoms with van der Waals surface area (Å²) >= 11 is -3.58. The van der Waals surface area contributed by atoms with E-state index in [9.17, 15) is 5.41 Å². The van der Waals surface area contributed by atoms with Crippen molar-refractivity contribution in [3.05, 3.63) is 55.2 Å². The molecule has 0 saturated heterocycles. The first-order chi connectivity index (χ1) is 45.3. The molecule has 0 aliphatic heterocycles. The fraction of sp³-hybridized carbons (Fsp3) is 0.783. The Labute approximate surface area is 595 Å². The second-order valence-corrected chi connectivity index (χ2v) is 60.3. The number of nitrogens with one attached hydrogen (secondary N) is 1. The number of hydrogen-bond donors (Lipinski definition) is 1. The van der Waals surface area contributed by atoms with Crippen molar-refractivity contribution in [1.29, 1.82) is 5.41 Å². The fourth-order valence-corrected chi connectivity index (χ4v) is 40.2. The van der Waals surface area contributed by atoms with Gasteiger partial charge in [-0.25, -0.2) is 0 Å². The molecule has 1 radical (unpaired) electrons. The third-order valence-corrected chi connectivity index (χ3v) is 45.8. The molecule has 6 rings (SSSR count). The van der Waals surface area contributed by atoms with E-state index in [4.69, 9.17) is 12.0 Å². The van der Waals surface area contributed by atoms with Crippen LogP contribution in [0.2, 0.25) is 28.1 Å². The second kappa shape index (κ2) is 43.9. The Hall–Kier alpha value is -0.644. The smallest absolute Gasteiger partial charge is 0.0654 e. The third kappa shape index (κ3) is 21.9. The summed E-state index contributed by atoms with van der Waals surface area (Å²) in [6.45, 7) is 16.3. The summed E-state index contributed by atoms with van der Waals surface area (Å²) in [5, 5.41) is 10.8. The molecular weight excluding hydrogens is 1490 g/mol. The minimum absolute atomic E-state index is 0.160. The minimum Gasteiger partial charge on any atom is -0.0654 e. The van der Waals surface area contributed by atoms with E-state index in [1.807, 2.05) is 0 Å². The number of hydrogen-bond acceptors (Lipinski definition) is 4. The standard InChI is InChI=1S/C68H103F2N4Se2.3C4H9.3CH3.2Sn/c1-5-9-13-17-21-25-29-33-37-41-49-67(50-42-38-34-30-26-22-18-14-10-6-2)53-45-47-55(71)65(72-75)57(53)59-61(67)64(70)60-58-54(46-48-56-66(58)74-76-73-56)68(62(60)63(59)69,51-43-39-35-31-27-23-19-15-11-7-3)52-44-40-36-32-28-24-20-16-12-8-4;3*1-3-4-2;;;;;/h45-46,71H,5-44,49-52H2,1-4H3;3*1,3-4H2,2H3;3*1H3;;/b71-55?,72-65+;;;;;;;;. The van der Waals surface area contributed by atoms with Crippen LogP contribution in [-0.4, -0.2) is 87.3 Å². The molecule has 3 aliphatic rings. The van der Waals surface area contributed by atoms with Gasteiger partial charge in [0.2, 0.25) is 0 Å². The number of allylic oxidation sites excluding steroid dienone is 4. The van der Waals surface area contributed by atoms with Gasteiger partial charge in [-0.05, 0) is 0 Å². The van der Waals surface area contributed by atoms with Gasteiger partial charge >= 0.3 is 496 Å². The molecule has 1 N–H and O–H groups in total. The van der Waals surface area contributed by atoms with Crippen LogP contribution in [0.15, 0.2) is 25.3 Å². The van der Waals surface area contributed by atoms with Crippen molar-refractivity contribution < 1.29 is 8.78 Å². The van der Waals surface area contributed by atoms with Gasteiger partial charge < -0.3 is 0 Å². The Balaban J connectivity index is 1.64.